The van der Waals surface area contributed by atoms with Crippen LogP contribution in [0.15, 0.2) is 48.5 Å². The SMILES string of the molecule is O=C(OCc1ccccc1)N1CCC(c2ccc(O)c(O)c2)C1. The molecule has 5 nitrogen and oxygen atoms in total. The molecule has 5 heteroatoms. The van der Waals surface area contributed by atoms with Gasteiger partial charge in [0.25, 0.3) is 0 Å². The van der Waals surface area contributed by atoms with E-state index in [9.17, 15) is 15.0 Å². The quantitative estimate of drug-likeness (QED) is 0.854. The van der Waals surface area contributed by atoms with Crippen molar-refractivity contribution in [3.8, 4) is 11.5 Å². The van der Waals surface area contributed by atoms with Crippen LogP contribution >= 0.6 is 0 Å². The van der Waals surface area contributed by atoms with Crippen LogP contribution in [-0.4, -0.2) is 34.3 Å². The third kappa shape index (κ3) is 3.56. The highest BCUT2D eigenvalue weighted by molar-refractivity contribution is 5.68. The predicted molar refractivity (Wildman–Crippen MR) is 85.3 cm³/mol. The number of phenols is 2. The van der Waals surface area contributed by atoms with Crippen molar-refractivity contribution in [2.75, 3.05) is 13.1 Å². The Kier molecular flexibility index (Phi) is 4.37. The van der Waals surface area contributed by atoms with Crippen molar-refractivity contribution < 1.29 is 19.7 Å². The molecule has 1 aliphatic heterocycles. The van der Waals surface area contributed by atoms with E-state index >= 15 is 0 Å². The molecule has 0 bridgehead atoms. The van der Waals surface area contributed by atoms with E-state index < -0.39 is 0 Å². The molecule has 3 rings (SSSR count). The maximum atomic E-state index is 12.1. The minimum absolute atomic E-state index is 0.132. The molecule has 120 valence electrons. The van der Waals surface area contributed by atoms with E-state index in [1.54, 1.807) is 17.0 Å². The van der Waals surface area contributed by atoms with E-state index in [0.29, 0.717) is 13.1 Å². The number of carbonyl (C=O) groups is 1. The summed E-state index contributed by atoms with van der Waals surface area (Å²) in [6.07, 6.45) is 0.490. The van der Waals surface area contributed by atoms with Crippen molar-refractivity contribution >= 4 is 6.09 Å². The normalized spacial score (nSPS) is 17.2. The lowest BCUT2D eigenvalue weighted by molar-refractivity contribution is 0.104. The van der Waals surface area contributed by atoms with Crippen LogP contribution in [0.5, 0.6) is 11.5 Å². The second-order valence-corrected chi connectivity index (χ2v) is 5.72. The Labute approximate surface area is 134 Å². The van der Waals surface area contributed by atoms with Gasteiger partial charge in [-0.25, -0.2) is 4.79 Å². The third-order valence-electron chi connectivity index (χ3n) is 4.12. The van der Waals surface area contributed by atoms with Crippen molar-refractivity contribution in [1.82, 2.24) is 4.90 Å². The van der Waals surface area contributed by atoms with E-state index in [2.05, 4.69) is 0 Å². The number of rotatable bonds is 3. The Bertz CT molecular complexity index is 687. The number of benzene rings is 2. The number of phenolic OH excluding ortho intramolecular Hbond substituents is 2. The lowest BCUT2D eigenvalue weighted by Crippen LogP contribution is -2.29. The van der Waals surface area contributed by atoms with E-state index in [1.165, 1.54) is 6.07 Å². The fourth-order valence-corrected chi connectivity index (χ4v) is 2.80. The topological polar surface area (TPSA) is 70.0 Å². The highest BCUT2D eigenvalue weighted by Gasteiger charge is 2.28. The molecular formula is C18H19NO4. The third-order valence-corrected chi connectivity index (χ3v) is 4.12. The zero-order chi connectivity index (χ0) is 16.2. The van der Waals surface area contributed by atoms with Crippen LogP contribution in [0.3, 0.4) is 0 Å². The van der Waals surface area contributed by atoms with Crippen LogP contribution < -0.4 is 0 Å². The number of nitrogens with zero attached hydrogens (tertiary/aromatic N) is 1. The number of aromatic hydroxyl groups is 2. The molecule has 1 fully saturated rings. The molecule has 23 heavy (non-hydrogen) atoms. The molecule has 2 aromatic rings. The predicted octanol–water partition coefficient (Wildman–Crippen LogP) is 3.22. The van der Waals surface area contributed by atoms with Gasteiger partial charge in [-0.1, -0.05) is 36.4 Å². The van der Waals surface area contributed by atoms with Gasteiger partial charge in [0.15, 0.2) is 11.5 Å². The molecule has 0 aromatic heterocycles. The lowest BCUT2D eigenvalue weighted by atomic mass is 9.98. The van der Waals surface area contributed by atoms with Crippen molar-refractivity contribution in [3.63, 3.8) is 0 Å². The first-order valence-electron chi connectivity index (χ1n) is 7.61. The number of amides is 1. The fraction of sp³-hybridized carbons (Fsp3) is 0.278. The summed E-state index contributed by atoms with van der Waals surface area (Å²) in [5.74, 6) is -0.121. The highest BCUT2D eigenvalue weighted by Crippen LogP contribution is 2.33. The molecule has 1 aliphatic rings. The summed E-state index contributed by atoms with van der Waals surface area (Å²) in [6.45, 7) is 1.44. The number of hydrogen-bond donors (Lipinski definition) is 2. The monoisotopic (exact) mass is 313 g/mol. The van der Waals surface area contributed by atoms with Crippen LogP contribution in [0.2, 0.25) is 0 Å². The van der Waals surface area contributed by atoms with Gasteiger partial charge in [0, 0.05) is 19.0 Å². The molecule has 0 radical (unpaired) electrons. The van der Waals surface area contributed by atoms with E-state index in [1.807, 2.05) is 30.3 Å². The molecule has 0 spiro atoms. The minimum Gasteiger partial charge on any atom is -0.504 e. The maximum Gasteiger partial charge on any atom is 0.410 e. The van der Waals surface area contributed by atoms with Crippen molar-refractivity contribution in [3.05, 3.63) is 59.7 Å². The molecule has 1 heterocycles. The molecular weight excluding hydrogens is 294 g/mol. The van der Waals surface area contributed by atoms with Crippen LogP contribution in [-0.2, 0) is 11.3 Å². The standard InChI is InChI=1S/C18H19NO4/c20-16-7-6-14(10-17(16)21)15-8-9-19(11-15)18(22)23-12-13-4-2-1-3-5-13/h1-7,10,15,20-21H,8-9,11-12H2. The molecule has 1 unspecified atom stereocenters. The maximum absolute atomic E-state index is 12.1. The largest absolute Gasteiger partial charge is 0.504 e. The van der Waals surface area contributed by atoms with Gasteiger partial charge < -0.3 is 19.8 Å². The van der Waals surface area contributed by atoms with Gasteiger partial charge in [-0.05, 0) is 29.7 Å². The summed E-state index contributed by atoms with van der Waals surface area (Å²) in [7, 11) is 0. The summed E-state index contributed by atoms with van der Waals surface area (Å²) in [5, 5.41) is 19.0. The average Bonchev–Trinajstić information content (AvgIpc) is 3.06. The van der Waals surface area contributed by atoms with Gasteiger partial charge in [-0.2, -0.15) is 0 Å². The first-order valence-corrected chi connectivity index (χ1v) is 7.61. The minimum atomic E-state index is -0.320. The Morgan fingerprint density at radius 1 is 1.13 bits per heavy atom. The zero-order valence-corrected chi connectivity index (χ0v) is 12.7. The molecule has 1 atom stereocenters. The summed E-state index contributed by atoms with van der Waals surface area (Å²) in [5.41, 5.74) is 1.87. The van der Waals surface area contributed by atoms with E-state index in [-0.39, 0.29) is 30.1 Å². The summed E-state index contributed by atoms with van der Waals surface area (Å²) in [6, 6.07) is 14.4. The number of carbonyl (C=O) groups excluding carboxylic acids is 1. The molecule has 1 saturated heterocycles. The Morgan fingerprint density at radius 3 is 2.65 bits per heavy atom. The van der Waals surface area contributed by atoms with Gasteiger partial charge in [-0.3, -0.25) is 0 Å². The van der Waals surface area contributed by atoms with Crippen molar-refractivity contribution in [1.29, 1.82) is 0 Å². The second-order valence-electron chi connectivity index (χ2n) is 5.72. The van der Waals surface area contributed by atoms with Crippen LogP contribution in [0.1, 0.15) is 23.5 Å². The van der Waals surface area contributed by atoms with Gasteiger partial charge in [0.1, 0.15) is 6.61 Å². The van der Waals surface area contributed by atoms with Gasteiger partial charge in [0.2, 0.25) is 0 Å². The summed E-state index contributed by atoms with van der Waals surface area (Å²) >= 11 is 0. The summed E-state index contributed by atoms with van der Waals surface area (Å²) < 4.78 is 5.34. The van der Waals surface area contributed by atoms with Crippen LogP contribution in [0.25, 0.3) is 0 Å². The molecule has 0 saturated carbocycles. The van der Waals surface area contributed by atoms with Gasteiger partial charge in [-0.15, -0.1) is 0 Å². The molecule has 0 aliphatic carbocycles. The molecule has 2 N–H and O–H groups in total. The second kappa shape index (κ2) is 6.60. The average molecular weight is 313 g/mol. The summed E-state index contributed by atoms with van der Waals surface area (Å²) in [4.78, 5) is 13.8. The molecule has 1 amide bonds. The fourth-order valence-electron chi connectivity index (χ4n) is 2.80. The van der Waals surface area contributed by atoms with Gasteiger partial charge in [0.05, 0.1) is 0 Å². The number of ether oxygens (including phenoxy) is 1. The Balaban J connectivity index is 1.56. The Morgan fingerprint density at radius 2 is 1.91 bits per heavy atom. The van der Waals surface area contributed by atoms with E-state index in [4.69, 9.17) is 4.74 Å². The first kappa shape index (κ1) is 15.2. The first-order chi connectivity index (χ1) is 11.1. The zero-order valence-electron chi connectivity index (χ0n) is 12.7. The van der Waals surface area contributed by atoms with Crippen molar-refractivity contribution in [2.45, 2.75) is 18.9 Å². The number of likely N-dealkylation sites (tertiary alicyclic amines) is 1. The number of hydrogen-bond acceptors (Lipinski definition) is 4. The van der Waals surface area contributed by atoms with Crippen LogP contribution in [0.4, 0.5) is 4.79 Å². The smallest absolute Gasteiger partial charge is 0.410 e. The highest BCUT2D eigenvalue weighted by atomic mass is 16.6. The molecule has 2 aromatic carbocycles. The van der Waals surface area contributed by atoms with Gasteiger partial charge >= 0.3 is 6.09 Å². The van der Waals surface area contributed by atoms with Crippen molar-refractivity contribution in [2.24, 2.45) is 0 Å². The van der Waals surface area contributed by atoms with Crippen LogP contribution in [0, 0.1) is 0 Å². The Hall–Kier alpha value is -2.69. The lowest BCUT2D eigenvalue weighted by Gasteiger charge is -2.17. The van der Waals surface area contributed by atoms with E-state index in [0.717, 1.165) is 17.5 Å².